The molecule has 118 valence electrons. The SMILES string of the molecule is COC(=O)Cc1ccc(OCC(O)c2c(C)noc2C)cc1. The molecule has 1 heterocycles. The zero-order chi connectivity index (χ0) is 16.1. The summed E-state index contributed by atoms with van der Waals surface area (Å²) in [5.74, 6) is 0.906. The molecule has 1 aromatic carbocycles. The highest BCUT2D eigenvalue weighted by molar-refractivity contribution is 5.72. The molecule has 0 saturated heterocycles. The molecule has 0 amide bonds. The molecule has 2 aromatic rings. The molecule has 1 unspecified atom stereocenters. The van der Waals surface area contributed by atoms with Crippen molar-refractivity contribution in [3.05, 3.63) is 46.8 Å². The Morgan fingerprint density at radius 2 is 2.00 bits per heavy atom. The van der Waals surface area contributed by atoms with Crippen LogP contribution in [-0.2, 0) is 16.0 Å². The lowest BCUT2D eigenvalue weighted by Crippen LogP contribution is -2.11. The molecule has 0 spiro atoms. The first-order valence-electron chi connectivity index (χ1n) is 6.90. The molecule has 22 heavy (non-hydrogen) atoms. The van der Waals surface area contributed by atoms with E-state index in [9.17, 15) is 9.90 Å². The summed E-state index contributed by atoms with van der Waals surface area (Å²) >= 11 is 0. The minimum atomic E-state index is -0.805. The number of hydrogen-bond donors (Lipinski definition) is 1. The maximum atomic E-state index is 11.2. The number of aromatic nitrogens is 1. The van der Waals surface area contributed by atoms with Gasteiger partial charge in [-0.1, -0.05) is 17.3 Å². The Balaban J connectivity index is 1.93. The van der Waals surface area contributed by atoms with Crippen LogP contribution in [0.3, 0.4) is 0 Å². The lowest BCUT2D eigenvalue weighted by Gasteiger charge is -2.12. The van der Waals surface area contributed by atoms with Gasteiger partial charge in [-0.25, -0.2) is 0 Å². The molecule has 6 heteroatoms. The molecular weight excluding hydrogens is 286 g/mol. The fourth-order valence-corrected chi connectivity index (χ4v) is 2.17. The highest BCUT2D eigenvalue weighted by Gasteiger charge is 2.18. The van der Waals surface area contributed by atoms with Gasteiger partial charge in [0.25, 0.3) is 0 Å². The van der Waals surface area contributed by atoms with E-state index in [1.54, 1.807) is 38.1 Å². The van der Waals surface area contributed by atoms with Crippen LogP contribution in [0, 0.1) is 13.8 Å². The summed E-state index contributed by atoms with van der Waals surface area (Å²) < 4.78 is 15.2. The molecule has 0 fully saturated rings. The number of methoxy groups -OCH3 is 1. The van der Waals surface area contributed by atoms with Crippen LogP contribution in [0.25, 0.3) is 0 Å². The minimum absolute atomic E-state index is 0.0965. The van der Waals surface area contributed by atoms with E-state index < -0.39 is 6.10 Å². The van der Waals surface area contributed by atoms with E-state index in [0.29, 0.717) is 22.8 Å². The molecule has 0 aliphatic rings. The van der Waals surface area contributed by atoms with Crippen LogP contribution >= 0.6 is 0 Å². The second-order valence-electron chi connectivity index (χ2n) is 4.96. The highest BCUT2D eigenvalue weighted by atomic mass is 16.5. The van der Waals surface area contributed by atoms with Crippen molar-refractivity contribution in [2.24, 2.45) is 0 Å². The Bertz CT molecular complexity index is 613. The number of carbonyl (C=O) groups is 1. The molecule has 0 aliphatic carbocycles. The monoisotopic (exact) mass is 305 g/mol. The average Bonchev–Trinajstić information content (AvgIpc) is 2.85. The number of aryl methyl sites for hydroxylation is 2. The van der Waals surface area contributed by atoms with Gasteiger partial charge in [-0.2, -0.15) is 0 Å². The summed E-state index contributed by atoms with van der Waals surface area (Å²) in [5.41, 5.74) is 2.15. The smallest absolute Gasteiger partial charge is 0.309 e. The molecule has 0 aliphatic heterocycles. The van der Waals surface area contributed by atoms with Crippen LogP contribution in [0.2, 0.25) is 0 Å². The standard InChI is InChI=1S/C16H19NO5/c1-10-16(11(2)22-17-10)14(18)9-21-13-6-4-12(5-7-13)8-15(19)20-3/h4-7,14,18H,8-9H2,1-3H3. The number of rotatable bonds is 6. The van der Waals surface area contributed by atoms with E-state index in [1.807, 2.05) is 0 Å². The lowest BCUT2D eigenvalue weighted by molar-refractivity contribution is -0.139. The molecule has 2 rings (SSSR count). The quantitative estimate of drug-likeness (QED) is 0.823. The zero-order valence-electron chi connectivity index (χ0n) is 12.8. The number of hydrogen-bond acceptors (Lipinski definition) is 6. The van der Waals surface area contributed by atoms with Gasteiger partial charge >= 0.3 is 5.97 Å². The molecule has 0 saturated carbocycles. The Kier molecular flexibility index (Phi) is 5.16. The van der Waals surface area contributed by atoms with Crippen molar-refractivity contribution in [2.45, 2.75) is 26.4 Å². The molecule has 1 atom stereocenters. The average molecular weight is 305 g/mol. The van der Waals surface area contributed by atoms with Gasteiger partial charge in [0.05, 0.1) is 19.2 Å². The fourth-order valence-electron chi connectivity index (χ4n) is 2.17. The second kappa shape index (κ2) is 7.09. The number of nitrogens with zero attached hydrogens (tertiary/aromatic N) is 1. The van der Waals surface area contributed by atoms with Crippen molar-refractivity contribution in [1.29, 1.82) is 0 Å². The number of carbonyl (C=O) groups excluding carboxylic acids is 1. The first-order chi connectivity index (χ1) is 10.5. The number of ether oxygens (including phenoxy) is 2. The highest BCUT2D eigenvalue weighted by Crippen LogP contribution is 2.22. The summed E-state index contributed by atoms with van der Waals surface area (Å²) in [6, 6.07) is 7.07. The van der Waals surface area contributed by atoms with Crippen molar-refractivity contribution >= 4 is 5.97 Å². The predicted molar refractivity (Wildman–Crippen MR) is 78.6 cm³/mol. The van der Waals surface area contributed by atoms with Crippen LogP contribution in [0.1, 0.15) is 28.7 Å². The van der Waals surface area contributed by atoms with E-state index >= 15 is 0 Å². The third-order valence-electron chi connectivity index (χ3n) is 3.33. The van der Waals surface area contributed by atoms with E-state index in [1.165, 1.54) is 7.11 Å². The van der Waals surface area contributed by atoms with Crippen molar-refractivity contribution in [1.82, 2.24) is 5.16 Å². The molecule has 1 N–H and O–H groups in total. The Morgan fingerprint density at radius 3 is 2.55 bits per heavy atom. The second-order valence-corrected chi connectivity index (χ2v) is 4.96. The van der Waals surface area contributed by atoms with Gasteiger partial charge in [-0.15, -0.1) is 0 Å². The summed E-state index contributed by atoms with van der Waals surface area (Å²) in [7, 11) is 1.36. The number of esters is 1. The van der Waals surface area contributed by atoms with Crippen LogP contribution in [0.15, 0.2) is 28.8 Å². The predicted octanol–water partition coefficient (Wildman–Crippen LogP) is 2.12. The maximum absolute atomic E-state index is 11.2. The first kappa shape index (κ1) is 16.0. The Hall–Kier alpha value is -2.34. The summed E-state index contributed by atoms with van der Waals surface area (Å²) in [4.78, 5) is 11.2. The van der Waals surface area contributed by atoms with Gasteiger partial charge in [0.1, 0.15) is 24.2 Å². The number of aliphatic hydroxyl groups is 1. The van der Waals surface area contributed by atoms with Crippen LogP contribution in [-0.4, -0.2) is 29.9 Å². The van der Waals surface area contributed by atoms with Crippen LogP contribution < -0.4 is 4.74 Å². The van der Waals surface area contributed by atoms with Crippen molar-refractivity contribution < 1.29 is 23.9 Å². The number of benzene rings is 1. The van der Waals surface area contributed by atoms with Crippen molar-refractivity contribution in [3.63, 3.8) is 0 Å². The van der Waals surface area contributed by atoms with Gasteiger partial charge in [0.15, 0.2) is 0 Å². The third-order valence-corrected chi connectivity index (χ3v) is 3.33. The maximum Gasteiger partial charge on any atom is 0.309 e. The fraction of sp³-hybridized carbons (Fsp3) is 0.375. The van der Waals surface area contributed by atoms with Crippen LogP contribution in [0.4, 0.5) is 0 Å². The first-order valence-corrected chi connectivity index (χ1v) is 6.90. The third kappa shape index (κ3) is 3.85. The minimum Gasteiger partial charge on any atom is -0.491 e. The molecule has 1 aromatic heterocycles. The van der Waals surface area contributed by atoms with E-state index in [-0.39, 0.29) is 19.0 Å². The van der Waals surface area contributed by atoms with E-state index in [0.717, 1.165) is 5.56 Å². The molecule has 0 radical (unpaired) electrons. The normalized spacial score (nSPS) is 12.0. The van der Waals surface area contributed by atoms with Gasteiger partial charge in [0, 0.05) is 5.56 Å². The topological polar surface area (TPSA) is 81.8 Å². The van der Waals surface area contributed by atoms with E-state index in [4.69, 9.17) is 9.26 Å². The van der Waals surface area contributed by atoms with Gasteiger partial charge < -0.3 is 19.1 Å². The Morgan fingerprint density at radius 1 is 1.32 bits per heavy atom. The molecule has 6 nitrogen and oxygen atoms in total. The zero-order valence-corrected chi connectivity index (χ0v) is 12.8. The van der Waals surface area contributed by atoms with Gasteiger partial charge in [0.2, 0.25) is 0 Å². The summed E-state index contributed by atoms with van der Waals surface area (Å²) in [6.07, 6.45) is -0.584. The number of aliphatic hydroxyl groups excluding tert-OH is 1. The van der Waals surface area contributed by atoms with Crippen LogP contribution in [0.5, 0.6) is 5.75 Å². The lowest BCUT2D eigenvalue weighted by atomic mass is 10.1. The summed E-state index contributed by atoms with van der Waals surface area (Å²) in [5, 5.41) is 14.0. The van der Waals surface area contributed by atoms with Gasteiger partial charge in [-0.05, 0) is 31.5 Å². The van der Waals surface area contributed by atoms with Gasteiger partial charge in [-0.3, -0.25) is 4.79 Å². The van der Waals surface area contributed by atoms with Crippen molar-refractivity contribution in [3.8, 4) is 5.75 Å². The summed E-state index contributed by atoms with van der Waals surface area (Å²) in [6.45, 7) is 3.62. The molecule has 0 bridgehead atoms. The largest absolute Gasteiger partial charge is 0.491 e. The molecular formula is C16H19NO5. The Labute approximate surface area is 128 Å². The van der Waals surface area contributed by atoms with Crippen molar-refractivity contribution in [2.75, 3.05) is 13.7 Å². The van der Waals surface area contributed by atoms with E-state index in [2.05, 4.69) is 9.89 Å².